The van der Waals surface area contributed by atoms with Gasteiger partial charge in [0.2, 0.25) is 10.0 Å². The largest absolute Gasteiger partial charge is 0.484 e. The molecule has 0 radical (unpaired) electrons. The second-order valence-corrected chi connectivity index (χ2v) is 11.3. The van der Waals surface area contributed by atoms with Crippen LogP contribution in [0.5, 0.6) is 5.75 Å². The van der Waals surface area contributed by atoms with Gasteiger partial charge < -0.3 is 10.1 Å². The van der Waals surface area contributed by atoms with Crippen LogP contribution in [0.2, 0.25) is 5.02 Å². The Bertz CT molecular complexity index is 1680. The summed E-state index contributed by atoms with van der Waals surface area (Å²) in [5, 5.41) is 7.02. The molecule has 216 valence electrons. The Kier molecular flexibility index (Phi) is 9.89. The normalized spacial score (nSPS) is 11.2. The van der Waals surface area contributed by atoms with E-state index >= 15 is 0 Å². The average molecular weight is 609 g/mol. The number of hydrazone groups is 1. The third-order valence-electron chi connectivity index (χ3n) is 5.85. The molecule has 42 heavy (non-hydrogen) atoms. The van der Waals surface area contributed by atoms with Gasteiger partial charge in [0.15, 0.2) is 6.61 Å². The average Bonchev–Trinajstić information content (AvgIpc) is 2.97. The first-order chi connectivity index (χ1) is 20.1. The first kappa shape index (κ1) is 30.2. The van der Waals surface area contributed by atoms with E-state index in [0.29, 0.717) is 33.3 Å². The number of anilines is 2. The monoisotopic (exact) mass is 608 g/mol. The van der Waals surface area contributed by atoms with Crippen LogP contribution in [0.25, 0.3) is 0 Å². The lowest BCUT2D eigenvalue weighted by Gasteiger charge is -2.23. The van der Waals surface area contributed by atoms with Crippen LogP contribution in [0.4, 0.5) is 15.8 Å². The lowest BCUT2D eigenvalue weighted by Crippen LogP contribution is -2.29. The molecule has 0 bridgehead atoms. The van der Waals surface area contributed by atoms with Gasteiger partial charge in [0.05, 0.1) is 24.7 Å². The van der Waals surface area contributed by atoms with Gasteiger partial charge in [-0.1, -0.05) is 29.8 Å². The molecule has 2 amide bonds. The molecule has 0 aliphatic carbocycles. The Labute approximate surface area is 247 Å². The highest BCUT2D eigenvalue weighted by Crippen LogP contribution is 2.24. The van der Waals surface area contributed by atoms with Crippen LogP contribution in [-0.4, -0.2) is 39.3 Å². The number of benzene rings is 4. The van der Waals surface area contributed by atoms with Crippen LogP contribution in [0.1, 0.15) is 21.5 Å². The Balaban J connectivity index is 1.29. The molecule has 0 saturated carbocycles. The number of rotatable bonds is 11. The lowest BCUT2D eigenvalue weighted by molar-refractivity contribution is -0.118. The highest BCUT2D eigenvalue weighted by Gasteiger charge is 2.19. The first-order valence-electron chi connectivity index (χ1n) is 12.5. The van der Waals surface area contributed by atoms with Crippen molar-refractivity contribution in [2.75, 3.05) is 22.5 Å². The van der Waals surface area contributed by atoms with Crippen LogP contribution < -0.4 is 19.8 Å². The Morgan fingerprint density at radius 1 is 0.952 bits per heavy atom. The molecular formula is C30H26ClFN4O5S. The maximum Gasteiger partial charge on any atom is 0.271 e. The van der Waals surface area contributed by atoms with Crippen molar-refractivity contribution >= 4 is 51.0 Å². The third-order valence-corrected chi connectivity index (χ3v) is 7.36. The molecule has 0 fully saturated rings. The summed E-state index contributed by atoms with van der Waals surface area (Å²) in [5.41, 5.74) is 4.86. The molecule has 0 aliphatic rings. The quantitative estimate of drug-likeness (QED) is 0.179. The predicted octanol–water partition coefficient (Wildman–Crippen LogP) is 5.23. The van der Waals surface area contributed by atoms with Crippen molar-refractivity contribution in [2.45, 2.75) is 6.54 Å². The fraction of sp³-hybridized carbons (Fsp3) is 0.100. The van der Waals surface area contributed by atoms with Gasteiger partial charge in [-0.15, -0.1) is 0 Å². The zero-order valence-corrected chi connectivity index (χ0v) is 23.9. The third kappa shape index (κ3) is 8.63. The lowest BCUT2D eigenvalue weighted by atomic mass is 10.2. The Hall–Kier alpha value is -4.74. The molecule has 0 aromatic heterocycles. The number of carbonyl (C=O) groups is 2. The summed E-state index contributed by atoms with van der Waals surface area (Å²) in [6.45, 7) is -0.191. The SMILES string of the molecule is CS(=O)(=O)N(Cc1ccccc1Cl)c1ccc(C(=O)NN=Cc2ccc(OCC(=O)Nc3ccc(F)cc3)cc2)cc1. The number of hydrogen-bond acceptors (Lipinski definition) is 6. The molecule has 9 nitrogen and oxygen atoms in total. The summed E-state index contributed by atoms with van der Waals surface area (Å²) >= 11 is 6.21. The van der Waals surface area contributed by atoms with Gasteiger partial charge in [0.25, 0.3) is 11.8 Å². The molecule has 0 unspecified atom stereocenters. The number of hydrogen-bond donors (Lipinski definition) is 2. The van der Waals surface area contributed by atoms with E-state index in [-0.39, 0.29) is 18.7 Å². The number of nitrogens with one attached hydrogen (secondary N) is 2. The van der Waals surface area contributed by atoms with Gasteiger partial charge >= 0.3 is 0 Å². The fourth-order valence-corrected chi connectivity index (χ4v) is 4.79. The standard InChI is InChI=1S/C30H26ClFN4O5S/c1-42(39,40)36(19-23-4-2-3-5-28(23)31)26-14-8-22(9-15-26)30(38)35-33-18-21-6-16-27(17-7-21)41-20-29(37)34-25-12-10-24(32)11-13-25/h2-18H,19-20H2,1H3,(H,34,37)(H,35,38). The minimum atomic E-state index is -3.63. The van der Waals surface area contributed by atoms with E-state index in [1.54, 1.807) is 48.5 Å². The molecule has 0 aliphatic heterocycles. The number of amides is 2. The number of halogens is 2. The summed E-state index contributed by atoms with van der Waals surface area (Å²) in [7, 11) is -3.63. The molecule has 4 aromatic carbocycles. The van der Waals surface area contributed by atoms with Crippen LogP contribution in [0, 0.1) is 5.82 Å². The molecule has 0 atom stereocenters. The van der Waals surface area contributed by atoms with Gasteiger partial charge in [0, 0.05) is 16.3 Å². The van der Waals surface area contributed by atoms with E-state index in [9.17, 15) is 22.4 Å². The van der Waals surface area contributed by atoms with Crippen molar-refractivity contribution in [1.82, 2.24) is 5.43 Å². The summed E-state index contributed by atoms with van der Waals surface area (Å²) in [5.74, 6) is -0.830. The molecule has 12 heteroatoms. The summed E-state index contributed by atoms with van der Waals surface area (Å²) in [4.78, 5) is 24.6. The maximum absolute atomic E-state index is 13.0. The molecule has 4 rings (SSSR count). The zero-order valence-electron chi connectivity index (χ0n) is 22.3. The van der Waals surface area contributed by atoms with E-state index in [0.717, 1.165) is 6.26 Å². The zero-order chi connectivity index (χ0) is 30.1. The van der Waals surface area contributed by atoms with Crippen molar-refractivity contribution < 1.29 is 27.1 Å². The van der Waals surface area contributed by atoms with Gasteiger partial charge in [0.1, 0.15) is 11.6 Å². The van der Waals surface area contributed by atoms with Crippen molar-refractivity contribution in [1.29, 1.82) is 0 Å². The summed E-state index contributed by atoms with van der Waals surface area (Å²) in [6.07, 6.45) is 2.54. The highest BCUT2D eigenvalue weighted by molar-refractivity contribution is 7.92. The maximum atomic E-state index is 13.0. The Morgan fingerprint density at radius 2 is 1.62 bits per heavy atom. The predicted molar refractivity (Wildman–Crippen MR) is 161 cm³/mol. The van der Waals surface area contributed by atoms with Crippen LogP contribution in [0.15, 0.2) is 102 Å². The summed E-state index contributed by atoms with van der Waals surface area (Å²) < 4.78 is 44.5. The molecule has 0 saturated heterocycles. The van der Waals surface area contributed by atoms with Crippen LogP contribution >= 0.6 is 11.6 Å². The highest BCUT2D eigenvalue weighted by atomic mass is 35.5. The number of ether oxygens (including phenoxy) is 1. The van der Waals surface area contributed by atoms with Crippen molar-refractivity contribution in [3.63, 3.8) is 0 Å². The van der Waals surface area contributed by atoms with E-state index in [1.165, 1.54) is 59.1 Å². The van der Waals surface area contributed by atoms with Crippen molar-refractivity contribution in [3.8, 4) is 5.75 Å². The number of nitrogens with zero attached hydrogens (tertiary/aromatic N) is 2. The Morgan fingerprint density at radius 3 is 2.26 bits per heavy atom. The van der Waals surface area contributed by atoms with Gasteiger partial charge in [-0.2, -0.15) is 5.10 Å². The topological polar surface area (TPSA) is 117 Å². The molecule has 2 N–H and O–H groups in total. The van der Waals surface area contributed by atoms with Gasteiger partial charge in [-0.05, 0) is 90.0 Å². The molecule has 4 aromatic rings. The number of sulfonamides is 1. The van der Waals surface area contributed by atoms with E-state index in [1.807, 2.05) is 0 Å². The van der Waals surface area contributed by atoms with Crippen molar-refractivity contribution in [3.05, 3.63) is 125 Å². The first-order valence-corrected chi connectivity index (χ1v) is 14.7. The minimum Gasteiger partial charge on any atom is -0.484 e. The molecule has 0 spiro atoms. The van der Waals surface area contributed by atoms with Gasteiger partial charge in [-0.3, -0.25) is 13.9 Å². The van der Waals surface area contributed by atoms with E-state index in [2.05, 4.69) is 15.8 Å². The second-order valence-electron chi connectivity index (χ2n) is 9.02. The minimum absolute atomic E-state index is 0.0430. The van der Waals surface area contributed by atoms with Crippen molar-refractivity contribution in [2.24, 2.45) is 5.10 Å². The summed E-state index contributed by atoms with van der Waals surface area (Å²) in [6, 6.07) is 25.1. The van der Waals surface area contributed by atoms with Gasteiger partial charge in [-0.25, -0.2) is 18.2 Å². The van der Waals surface area contributed by atoms with E-state index in [4.69, 9.17) is 16.3 Å². The second kappa shape index (κ2) is 13.7. The van der Waals surface area contributed by atoms with Crippen LogP contribution in [0.3, 0.4) is 0 Å². The molecular weight excluding hydrogens is 583 g/mol. The smallest absolute Gasteiger partial charge is 0.271 e. The van der Waals surface area contributed by atoms with Crippen LogP contribution in [-0.2, 0) is 21.4 Å². The fourth-order valence-electron chi connectivity index (χ4n) is 3.72. The number of carbonyl (C=O) groups excluding carboxylic acids is 2. The van der Waals surface area contributed by atoms with E-state index < -0.39 is 27.7 Å². The molecule has 0 heterocycles.